The van der Waals surface area contributed by atoms with E-state index in [1.165, 1.54) is 80.8 Å². The number of nitrogens with zero attached hydrogens (tertiary/aromatic N) is 2. The van der Waals surface area contributed by atoms with E-state index in [2.05, 4.69) is 103 Å². The summed E-state index contributed by atoms with van der Waals surface area (Å²) in [5.41, 5.74) is 16.8. The molecule has 2 nitrogen and oxygen atoms in total. The van der Waals surface area contributed by atoms with Gasteiger partial charge in [0.2, 0.25) is 0 Å². The van der Waals surface area contributed by atoms with E-state index in [-0.39, 0.29) is 6.71 Å². The third kappa shape index (κ3) is 2.70. The van der Waals surface area contributed by atoms with Crippen LogP contribution in [0.15, 0.2) is 72.8 Å². The predicted octanol–water partition coefficient (Wildman–Crippen LogP) is 5.70. The Labute approximate surface area is 202 Å². The van der Waals surface area contributed by atoms with E-state index in [0.717, 1.165) is 6.54 Å². The van der Waals surface area contributed by atoms with Crippen LogP contribution in [0.1, 0.15) is 35.1 Å². The van der Waals surface area contributed by atoms with Gasteiger partial charge in [-0.15, -0.1) is 0 Å². The molecule has 0 atom stereocenters. The first-order valence-corrected chi connectivity index (χ1v) is 12.6. The van der Waals surface area contributed by atoms with Crippen molar-refractivity contribution in [3.8, 4) is 0 Å². The monoisotopic (exact) mass is 440 g/mol. The van der Waals surface area contributed by atoms with E-state index < -0.39 is 0 Å². The number of rotatable bonds is 1. The molecule has 0 saturated heterocycles. The Morgan fingerprint density at radius 3 is 2.32 bits per heavy atom. The van der Waals surface area contributed by atoms with Gasteiger partial charge in [0.25, 0.3) is 6.71 Å². The number of benzene rings is 4. The van der Waals surface area contributed by atoms with Crippen LogP contribution in [0, 0.1) is 20.8 Å². The molecule has 4 aromatic rings. The SMILES string of the molecule is Cc1ccc2c(c1)N(c1ccccc1)c1cc(C)cc3c1B2c1ccc(C)c2c1N3CCCC2. The molecule has 0 N–H and O–H groups in total. The lowest BCUT2D eigenvalue weighted by Gasteiger charge is -2.45. The minimum atomic E-state index is 0.268. The van der Waals surface area contributed by atoms with Gasteiger partial charge in [-0.25, -0.2) is 0 Å². The average Bonchev–Trinajstić information content (AvgIpc) is 3.07. The number of para-hydroxylation sites is 1. The summed E-state index contributed by atoms with van der Waals surface area (Å²) in [6.07, 6.45) is 3.68. The van der Waals surface area contributed by atoms with Crippen LogP contribution in [-0.2, 0) is 6.42 Å². The summed E-state index contributed by atoms with van der Waals surface area (Å²) >= 11 is 0. The molecule has 166 valence electrons. The molecule has 0 aromatic heterocycles. The van der Waals surface area contributed by atoms with Gasteiger partial charge in [0.15, 0.2) is 0 Å². The first-order chi connectivity index (χ1) is 16.6. The molecule has 0 saturated carbocycles. The maximum atomic E-state index is 2.66. The largest absolute Gasteiger partial charge is 0.342 e. The molecule has 3 heterocycles. The van der Waals surface area contributed by atoms with Gasteiger partial charge in [0, 0.05) is 35.0 Å². The van der Waals surface area contributed by atoms with Gasteiger partial charge in [-0.05, 0) is 109 Å². The Morgan fingerprint density at radius 1 is 0.706 bits per heavy atom. The van der Waals surface area contributed by atoms with Crippen molar-refractivity contribution in [2.45, 2.75) is 40.0 Å². The van der Waals surface area contributed by atoms with Crippen LogP contribution in [0.5, 0.6) is 0 Å². The summed E-state index contributed by atoms with van der Waals surface area (Å²) in [5.74, 6) is 0. The van der Waals surface area contributed by atoms with Crippen LogP contribution in [0.25, 0.3) is 0 Å². The Bertz CT molecular complexity index is 1460. The molecule has 0 aliphatic carbocycles. The normalized spacial score (nSPS) is 15.4. The molecule has 0 bridgehead atoms. The van der Waals surface area contributed by atoms with E-state index in [1.807, 2.05) is 0 Å². The van der Waals surface area contributed by atoms with Crippen molar-refractivity contribution in [3.05, 3.63) is 95.1 Å². The topological polar surface area (TPSA) is 6.48 Å². The third-order valence-corrected chi connectivity index (χ3v) is 8.04. The van der Waals surface area contributed by atoms with E-state index >= 15 is 0 Å². The summed E-state index contributed by atoms with van der Waals surface area (Å²) in [6.45, 7) is 8.13. The van der Waals surface area contributed by atoms with E-state index in [4.69, 9.17) is 0 Å². The Hall–Kier alpha value is -3.46. The fourth-order valence-electron chi connectivity index (χ4n) is 6.57. The van der Waals surface area contributed by atoms with Gasteiger partial charge in [-0.3, -0.25) is 0 Å². The Morgan fingerprint density at radius 2 is 1.47 bits per heavy atom. The van der Waals surface area contributed by atoms with Crippen molar-refractivity contribution in [1.29, 1.82) is 0 Å². The zero-order chi connectivity index (χ0) is 23.0. The van der Waals surface area contributed by atoms with Gasteiger partial charge in [-0.2, -0.15) is 0 Å². The number of hydrogen-bond donors (Lipinski definition) is 0. The first-order valence-electron chi connectivity index (χ1n) is 12.6. The molecule has 4 aromatic carbocycles. The molecule has 3 aliphatic rings. The molecule has 0 fully saturated rings. The van der Waals surface area contributed by atoms with Crippen LogP contribution >= 0.6 is 0 Å². The highest BCUT2D eigenvalue weighted by molar-refractivity contribution is 7.00. The van der Waals surface area contributed by atoms with Gasteiger partial charge in [0.05, 0.1) is 0 Å². The zero-order valence-electron chi connectivity index (χ0n) is 20.2. The van der Waals surface area contributed by atoms with Crippen molar-refractivity contribution in [1.82, 2.24) is 0 Å². The average molecular weight is 440 g/mol. The summed E-state index contributed by atoms with van der Waals surface area (Å²) in [6, 6.07) is 27.6. The molecule has 3 aliphatic heterocycles. The number of aryl methyl sites for hydroxylation is 3. The lowest BCUT2D eigenvalue weighted by Crippen LogP contribution is -2.62. The molecule has 0 unspecified atom stereocenters. The second kappa shape index (κ2) is 7.27. The second-order valence-corrected chi connectivity index (χ2v) is 10.3. The summed E-state index contributed by atoms with van der Waals surface area (Å²) < 4.78 is 0. The fraction of sp³-hybridized carbons (Fsp3) is 0.226. The maximum Gasteiger partial charge on any atom is 0.252 e. The minimum absolute atomic E-state index is 0.268. The molecule has 0 spiro atoms. The Balaban J connectivity index is 1.61. The fourth-order valence-corrected chi connectivity index (χ4v) is 6.57. The molecule has 7 rings (SSSR count). The third-order valence-electron chi connectivity index (χ3n) is 8.04. The van der Waals surface area contributed by atoms with Crippen LogP contribution in [0.3, 0.4) is 0 Å². The van der Waals surface area contributed by atoms with Gasteiger partial charge in [0.1, 0.15) is 0 Å². The molecule has 0 radical (unpaired) electrons. The lowest BCUT2D eigenvalue weighted by atomic mass is 9.33. The van der Waals surface area contributed by atoms with Crippen molar-refractivity contribution >= 4 is 51.5 Å². The van der Waals surface area contributed by atoms with Crippen molar-refractivity contribution in [2.24, 2.45) is 0 Å². The van der Waals surface area contributed by atoms with Crippen LogP contribution in [0.2, 0.25) is 0 Å². The second-order valence-electron chi connectivity index (χ2n) is 10.3. The van der Waals surface area contributed by atoms with Crippen molar-refractivity contribution in [2.75, 3.05) is 16.3 Å². The highest BCUT2D eigenvalue weighted by Crippen LogP contribution is 2.44. The van der Waals surface area contributed by atoms with Crippen molar-refractivity contribution < 1.29 is 0 Å². The summed E-state index contributed by atoms with van der Waals surface area (Å²) in [5, 5.41) is 0. The minimum Gasteiger partial charge on any atom is -0.342 e. The molecular formula is C31H29BN2. The molecule has 0 amide bonds. The molecule has 3 heteroatoms. The maximum absolute atomic E-state index is 2.66. The Kier molecular flexibility index (Phi) is 4.27. The number of fused-ring (bicyclic) bond motifs is 4. The predicted molar refractivity (Wildman–Crippen MR) is 146 cm³/mol. The first kappa shape index (κ1) is 20.0. The van der Waals surface area contributed by atoms with Crippen molar-refractivity contribution in [3.63, 3.8) is 0 Å². The van der Waals surface area contributed by atoms with E-state index in [9.17, 15) is 0 Å². The summed E-state index contributed by atoms with van der Waals surface area (Å²) in [4.78, 5) is 5.16. The van der Waals surface area contributed by atoms with Gasteiger partial charge < -0.3 is 9.80 Å². The van der Waals surface area contributed by atoms with Gasteiger partial charge >= 0.3 is 0 Å². The smallest absolute Gasteiger partial charge is 0.252 e. The van der Waals surface area contributed by atoms with Gasteiger partial charge in [-0.1, -0.05) is 42.5 Å². The van der Waals surface area contributed by atoms with Crippen LogP contribution < -0.4 is 26.2 Å². The quantitative estimate of drug-likeness (QED) is 0.309. The standard InChI is InChI=1S/C31H29BN2/c1-20-12-14-25-27(17-20)34(23-9-5-4-6-10-23)29-19-21(2)18-28-30(29)32(25)26-15-13-22(3)24-11-7-8-16-33(28)31(24)26/h4-6,9-10,12-15,17-19H,7-8,11,16H2,1-3H3. The van der Waals surface area contributed by atoms with E-state index in [1.54, 1.807) is 5.56 Å². The molecule has 34 heavy (non-hydrogen) atoms. The number of hydrogen-bond acceptors (Lipinski definition) is 2. The molecular weight excluding hydrogens is 411 g/mol. The van der Waals surface area contributed by atoms with Crippen LogP contribution in [-0.4, -0.2) is 13.3 Å². The number of anilines is 5. The summed E-state index contributed by atoms with van der Waals surface area (Å²) in [7, 11) is 0. The highest BCUT2D eigenvalue weighted by Gasteiger charge is 2.43. The van der Waals surface area contributed by atoms with Crippen LogP contribution in [0.4, 0.5) is 28.4 Å². The lowest BCUT2D eigenvalue weighted by molar-refractivity contribution is 0.760. The highest BCUT2D eigenvalue weighted by atomic mass is 15.2. The van der Waals surface area contributed by atoms with E-state index in [0.29, 0.717) is 0 Å². The zero-order valence-corrected chi connectivity index (χ0v) is 20.2.